The summed E-state index contributed by atoms with van der Waals surface area (Å²) in [5, 5.41) is 2.79. The summed E-state index contributed by atoms with van der Waals surface area (Å²) in [4.78, 5) is 29.7. The van der Waals surface area contributed by atoms with Crippen LogP contribution in [0.1, 0.15) is 60.9 Å². The van der Waals surface area contributed by atoms with Crippen LogP contribution in [-0.4, -0.2) is 71.9 Å². The Labute approximate surface area is 200 Å². The molecule has 3 saturated heterocycles. The number of piperidine rings is 2. The number of amides is 2. The first-order valence-corrected chi connectivity index (χ1v) is 12.6. The van der Waals surface area contributed by atoms with E-state index in [1.54, 1.807) is 4.90 Å². The highest BCUT2D eigenvalue weighted by atomic mass is 16.7. The molecule has 1 aromatic carbocycles. The fraction of sp³-hybridized carbons (Fsp3) is 0.615. The molecule has 1 unspecified atom stereocenters. The highest BCUT2D eigenvalue weighted by molar-refractivity contribution is 6.01. The third-order valence-corrected chi connectivity index (χ3v) is 8.15. The van der Waals surface area contributed by atoms with Gasteiger partial charge in [0.05, 0.1) is 13.2 Å². The van der Waals surface area contributed by atoms with Crippen LogP contribution in [0.3, 0.4) is 0 Å². The highest BCUT2D eigenvalue weighted by Gasteiger charge is 2.44. The molecule has 4 heterocycles. The summed E-state index contributed by atoms with van der Waals surface area (Å²) in [5.41, 5.74) is 2.33. The number of carbonyl (C=O) groups excluding carboxylic acids is 2. The van der Waals surface area contributed by atoms with Crippen LogP contribution in [0.2, 0.25) is 0 Å². The Balaban J connectivity index is 1.11. The van der Waals surface area contributed by atoms with E-state index in [2.05, 4.69) is 16.8 Å². The predicted molar refractivity (Wildman–Crippen MR) is 124 cm³/mol. The molecule has 6 rings (SSSR count). The summed E-state index contributed by atoms with van der Waals surface area (Å²) in [6.45, 7) is 7.62. The second-order valence-electron chi connectivity index (χ2n) is 10.2. The molecule has 0 aromatic heterocycles. The van der Waals surface area contributed by atoms with Gasteiger partial charge in [-0.25, -0.2) is 0 Å². The van der Waals surface area contributed by atoms with E-state index < -0.39 is 6.04 Å². The summed E-state index contributed by atoms with van der Waals surface area (Å²) in [6, 6.07) is 5.71. The molecule has 4 aliphatic heterocycles. The smallest absolute Gasteiger partial charge is 0.255 e. The molecule has 3 atom stereocenters. The maximum absolute atomic E-state index is 13.0. The third kappa shape index (κ3) is 3.91. The number of hydrogen-bond acceptors (Lipinski definition) is 6. The van der Waals surface area contributed by atoms with Crippen LogP contribution in [0.4, 0.5) is 0 Å². The van der Waals surface area contributed by atoms with E-state index in [0.717, 1.165) is 62.2 Å². The molecule has 2 amide bonds. The third-order valence-electron chi connectivity index (χ3n) is 8.15. The molecule has 1 spiro atoms. The summed E-state index contributed by atoms with van der Waals surface area (Å²) >= 11 is 0. The van der Waals surface area contributed by atoms with Crippen LogP contribution in [0.15, 0.2) is 30.5 Å². The topological polar surface area (TPSA) is 80.3 Å². The van der Waals surface area contributed by atoms with Crippen LogP contribution in [0.5, 0.6) is 5.75 Å². The number of benzene rings is 1. The van der Waals surface area contributed by atoms with E-state index >= 15 is 0 Å². The molecule has 0 bridgehead atoms. The summed E-state index contributed by atoms with van der Waals surface area (Å²) < 4.78 is 18.3. The number of hydrogen-bond donors (Lipinski definition) is 1. The monoisotopic (exact) mass is 467 g/mol. The minimum absolute atomic E-state index is 0.0773. The number of allylic oxidation sites excluding steroid dienone is 1. The minimum atomic E-state index is -0.441. The van der Waals surface area contributed by atoms with Crippen molar-refractivity contribution in [2.24, 2.45) is 0 Å². The summed E-state index contributed by atoms with van der Waals surface area (Å²) in [6.07, 6.45) is 6.61. The van der Waals surface area contributed by atoms with E-state index in [1.807, 2.05) is 18.2 Å². The predicted octanol–water partition coefficient (Wildman–Crippen LogP) is 2.57. The van der Waals surface area contributed by atoms with Crippen LogP contribution < -0.4 is 10.1 Å². The molecule has 182 valence electrons. The van der Waals surface area contributed by atoms with Crippen molar-refractivity contribution >= 4 is 11.8 Å². The molecular formula is C26H33N3O5. The first-order chi connectivity index (χ1) is 16.5. The van der Waals surface area contributed by atoms with E-state index in [4.69, 9.17) is 14.2 Å². The Morgan fingerprint density at radius 1 is 1.09 bits per heavy atom. The Kier molecular flexibility index (Phi) is 5.62. The second-order valence-corrected chi connectivity index (χ2v) is 10.2. The average molecular weight is 468 g/mol. The van der Waals surface area contributed by atoms with Crippen molar-refractivity contribution in [3.05, 3.63) is 41.6 Å². The van der Waals surface area contributed by atoms with Gasteiger partial charge in [0.2, 0.25) is 5.91 Å². The number of ether oxygens (including phenoxy) is 3. The summed E-state index contributed by atoms with van der Waals surface area (Å²) in [5.74, 6) is 0.237. The fourth-order valence-electron chi connectivity index (χ4n) is 6.32. The second kappa shape index (κ2) is 8.66. The molecule has 1 aromatic rings. The lowest BCUT2D eigenvalue weighted by atomic mass is 10.0. The van der Waals surface area contributed by atoms with Gasteiger partial charge in [0.1, 0.15) is 17.9 Å². The SMILES string of the molecule is C=C1CCC(N2Cc3cc(O[C@H]4CCC[C@H]4N4CCC5(CC4)OCCO5)ccc3C2=O)C(=O)N1. The first kappa shape index (κ1) is 22.1. The number of nitrogens with one attached hydrogen (secondary N) is 1. The van der Waals surface area contributed by atoms with Crippen molar-refractivity contribution < 1.29 is 23.8 Å². The molecule has 1 saturated carbocycles. The maximum Gasteiger partial charge on any atom is 0.255 e. The van der Waals surface area contributed by atoms with Gasteiger partial charge in [-0.05, 0) is 55.9 Å². The van der Waals surface area contributed by atoms with Gasteiger partial charge >= 0.3 is 0 Å². The normalized spacial score (nSPS) is 31.2. The van der Waals surface area contributed by atoms with Gasteiger partial charge in [-0.3, -0.25) is 14.5 Å². The Morgan fingerprint density at radius 3 is 2.65 bits per heavy atom. The molecule has 4 fully saturated rings. The van der Waals surface area contributed by atoms with Gasteiger partial charge < -0.3 is 24.4 Å². The number of rotatable bonds is 4. The van der Waals surface area contributed by atoms with E-state index in [9.17, 15) is 9.59 Å². The van der Waals surface area contributed by atoms with Crippen LogP contribution >= 0.6 is 0 Å². The number of fused-ring (bicyclic) bond motifs is 1. The van der Waals surface area contributed by atoms with Crippen LogP contribution in [0, 0.1) is 0 Å². The van der Waals surface area contributed by atoms with Crippen molar-refractivity contribution in [2.75, 3.05) is 26.3 Å². The van der Waals surface area contributed by atoms with E-state index in [1.165, 1.54) is 0 Å². The van der Waals surface area contributed by atoms with Crippen molar-refractivity contribution in [2.45, 2.75) is 75.5 Å². The van der Waals surface area contributed by atoms with Gasteiger partial charge in [-0.15, -0.1) is 0 Å². The van der Waals surface area contributed by atoms with Crippen molar-refractivity contribution in [3.63, 3.8) is 0 Å². The average Bonchev–Trinajstić information content (AvgIpc) is 3.55. The lowest BCUT2D eigenvalue weighted by molar-refractivity contribution is -0.189. The summed E-state index contributed by atoms with van der Waals surface area (Å²) in [7, 11) is 0. The molecular weight excluding hydrogens is 434 g/mol. The lowest BCUT2D eigenvalue weighted by Crippen LogP contribution is -2.51. The molecule has 0 radical (unpaired) electrons. The van der Waals surface area contributed by atoms with Crippen LogP contribution in [-0.2, 0) is 20.8 Å². The zero-order valence-electron chi connectivity index (χ0n) is 19.6. The van der Waals surface area contributed by atoms with E-state index in [-0.39, 0.29) is 23.7 Å². The zero-order chi connectivity index (χ0) is 23.3. The number of carbonyl (C=O) groups is 2. The Morgan fingerprint density at radius 2 is 1.88 bits per heavy atom. The van der Waals surface area contributed by atoms with Gasteiger partial charge in [0.15, 0.2) is 5.79 Å². The standard InChI is InChI=1S/C26H33N3O5/c1-17-5-8-22(24(30)27-17)29-16-18-15-19(6-7-20(18)25(29)31)34-23-4-2-3-21(23)28-11-9-26(10-12-28)32-13-14-33-26/h6-7,15,21-23H,1-5,8-14,16H2,(H,27,30)/t21-,22?,23+/m1/s1. The Hall–Kier alpha value is -2.42. The van der Waals surface area contributed by atoms with Gasteiger partial charge in [0.25, 0.3) is 5.91 Å². The molecule has 1 N–H and O–H groups in total. The first-order valence-electron chi connectivity index (χ1n) is 12.6. The van der Waals surface area contributed by atoms with Gasteiger partial charge in [-0.1, -0.05) is 6.58 Å². The molecule has 34 heavy (non-hydrogen) atoms. The quantitative estimate of drug-likeness (QED) is 0.733. The lowest BCUT2D eigenvalue weighted by Gasteiger charge is -2.41. The van der Waals surface area contributed by atoms with E-state index in [0.29, 0.717) is 44.2 Å². The molecule has 8 nitrogen and oxygen atoms in total. The van der Waals surface area contributed by atoms with Crippen molar-refractivity contribution in [3.8, 4) is 5.75 Å². The fourth-order valence-corrected chi connectivity index (χ4v) is 6.32. The number of nitrogens with zero attached hydrogens (tertiary/aromatic N) is 2. The van der Waals surface area contributed by atoms with Crippen molar-refractivity contribution in [1.29, 1.82) is 0 Å². The maximum atomic E-state index is 13.0. The van der Waals surface area contributed by atoms with Crippen LogP contribution in [0.25, 0.3) is 0 Å². The van der Waals surface area contributed by atoms with Gasteiger partial charge in [0, 0.05) is 49.8 Å². The largest absolute Gasteiger partial charge is 0.489 e. The van der Waals surface area contributed by atoms with Crippen molar-refractivity contribution in [1.82, 2.24) is 15.1 Å². The zero-order valence-corrected chi connectivity index (χ0v) is 19.6. The molecule has 1 aliphatic carbocycles. The van der Waals surface area contributed by atoms with Gasteiger partial charge in [-0.2, -0.15) is 0 Å². The number of likely N-dealkylation sites (tertiary alicyclic amines) is 1. The molecule has 5 aliphatic rings. The Bertz CT molecular complexity index is 994. The molecule has 8 heteroatoms. The highest BCUT2D eigenvalue weighted by Crippen LogP contribution is 2.37. The minimum Gasteiger partial charge on any atom is -0.489 e.